The van der Waals surface area contributed by atoms with Crippen LogP contribution in [0, 0.1) is 6.92 Å². The summed E-state index contributed by atoms with van der Waals surface area (Å²) in [6, 6.07) is 10.3. The Kier molecular flexibility index (Phi) is 19.8. The Morgan fingerprint density at radius 1 is 1.00 bits per heavy atom. The molecule has 0 aromatic heterocycles. The SMILES string of the molecule is CCC.Cc1ccccc1.O.[V]. The molecule has 0 atom stereocenters. The molecule has 0 aliphatic rings. The third kappa shape index (κ3) is 12.4. The van der Waals surface area contributed by atoms with Crippen LogP contribution in [0.2, 0.25) is 0 Å². The molecule has 1 rings (SSSR count). The summed E-state index contributed by atoms with van der Waals surface area (Å²) in [5, 5.41) is 0. The number of hydrogen-bond acceptors (Lipinski definition) is 0. The van der Waals surface area contributed by atoms with Gasteiger partial charge in [-0.05, 0) is 6.92 Å². The molecule has 0 fully saturated rings. The van der Waals surface area contributed by atoms with Gasteiger partial charge in [-0.15, -0.1) is 0 Å². The topological polar surface area (TPSA) is 31.5 Å². The van der Waals surface area contributed by atoms with Crippen LogP contribution >= 0.6 is 0 Å². The fourth-order valence-corrected chi connectivity index (χ4v) is 0.534. The zero-order valence-electron chi connectivity index (χ0n) is 8.04. The minimum Gasteiger partial charge on any atom is -0.412 e. The van der Waals surface area contributed by atoms with Crippen LogP contribution in [0.25, 0.3) is 0 Å². The van der Waals surface area contributed by atoms with Crippen molar-refractivity contribution in [2.24, 2.45) is 0 Å². The van der Waals surface area contributed by atoms with E-state index in [0.29, 0.717) is 0 Å². The maximum Gasteiger partial charge on any atom is 0 e. The van der Waals surface area contributed by atoms with Gasteiger partial charge in [0, 0.05) is 18.6 Å². The molecule has 1 radical (unpaired) electrons. The smallest absolute Gasteiger partial charge is 0 e. The van der Waals surface area contributed by atoms with Gasteiger partial charge in [-0.1, -0.05) is 56.2 Å². The Morgan fingerprint density at radius 3 is 1.50 bits per heavy atom. The molecule has 0 aliphatic carbocycles. The van der Waals surface area contributed by atoms with E-state index >= 15 is 0 Å². The predicted octanol–water partition coefficient (Wildman–Crippen LogP) is 2.58. The Labute approximate surface area is 87.4 Å². The third-order valence-corrected chi connectivity index (χ3v) is 0.940. The van der Waals surface area contributed by atoms with Crippen LogP contribution in [-0.4, -0.2) is 5.48 Å². The third-order valence-electron chi connectivity index (χ3n) is 0.940. The van der Waals surface area contributed by atoms with Crippen molar-refractivity contribution in [2.45, 2.75) is 27.2 Å². The molecule has 1 aromatic rings. The van der Waals surface area contributed by atoms with Crippen LogP contribution < -0.4 is 0 Å². The van der Waals surface area contributed by atoms with Crippen LogP contribution in [-0.2, 0) is 18.6 Å². The Hall–Kier alpha value is -0.236. The standard InChI is InChI=1S/C7H8.C3H8.H2O.V/c1-7-5-3-2-4-6-7;1-3-2;;/h2-6H,1H3;3H2,1-2H3;1H2;. The fraction of sp³-hybridized carbons (Fsp3) is 0.400. The maximum absolute atomic E-state index is 2.12. The molecule has 0 unspecified atom stereocenters. The first-order valence-corrected chi connectivity index (χ1v) is 3.82. The van der Waals surface area contributed by atoms with Crippen molar-refractivity contribution >= 4 is 0 Å². The average Bonchev–Trinajstić information content (AvgIpc) is 1.91. The van der Waals surface area contributed by atoms with Crippen LogP contribution in [0.5, 0.6) is 0 Å². The molecule has 0 aliphatic heterocycles. The van der Waals surface area contributed by atoms with E-state index in [2.05, 4.69) is 32.9 Å². The van der Waals surface area contributed by atoms with E-state index < -0.39 is 0 Å². The summed E-state index contributed by atoms with van der Waals surface area (Å²) in [6.07, 6.45) is 1.25. The van der Waals surface area contributed by atoms with Crippen LogP contribution in [0.15, 0.2) is 30.3 Å². The van der Waals surface area contributed by atoms with E-state index in [1.54, 1.807) is 0 Å². The zero-order valence-corrected chi connectivity index (χ0v) is 9.44. The second kappa shape index (κ2) is 13.4. The molecule has 1 aromatic carbocycles. The molecule has 2 heteroatoms. The van der Waals surface area contributed by atoms with Crippen molar-refractivity contribution in [3.05, 3.63) is 35.9 Å². The van der Waals surface area contributed by atoms with E-state index in [0.717, 1.165) is 0 Å². The monoisotopic (exact) mass is 205 g/mol. The molecule has 0 saturated carbocycles. The van der Waals surface area contributed by atoms with E-state index in [9.17, 15) is 0 Å². The van der Waals surface area contributed by atoms with E-state index in [1.807, 2.05) is 18.2 Å². The van der Waals surface area contributed by atoms with Gasteiger partial charge < -0.3 is 5.48 Å². The minimum absolute atomic E-state index is 0. The van der Waals surface area contributed by atoms with Crippen molar-refractivity contribution < 1.29 is 24.0 Å². The molecular formula is C10H18OV. The van der Waals surface area contributed by atoms with Crippen molar-refractivity contribution in [1.29, 1.82) is 0 Å². The molecule has 12 heavy (non-hydrogen) atoms. The summed E-state index contributed by atoms with van der Waals surface area (Å²) >= 11 is 0. The Balaban J connectivity index is -0.000000146. The first kappa shape index (κ1) is 17.7. The second-order valence-electron chi connectivity index (χ2n) is 2.36. The van der Waals surface area contributed by atoms with Crippen molar-refractivity contribution in [1.82, 2.24) is 0 Å². The number of aryl methyl sites for hydroxylation is 1. The first-order valence-electron chi connectivity index (χ1n) is 3.82. The second-order valence-corrected chi connectivity index (χ2v) is 2.36. The van der Waals surface area contributed by atoms with Crippen molar-refractivity contribution in [2.75, 3.05) is 0 Å². The van der Waals surface area contributed by atoms with Gasteiger partial charge in [-0.3, -0.25) is 0 Å². The Morgan fingerprint density at radius 2 is 1.33 bits per heavy atom. The summed E-state index contributed by atoms with van der Waals surface area (Å²) in [5.41, 5.74) is 1.32. The van der Waals surface area contributed by atoms with Crippen molar-refractivity contribution in [3.63, 3.8) is 0 Å². The van der Waals surface area contributed by atoms with Gasteiger partial charge in [0.25, 0.3) is 0 Å². The average molecular weight is 205 g/mol. The fourth-order valence-electron chi connectivity index (χ4n) is 0.534. The molecule has 0 heterocycles. The van der Waals surface area contributed by atoms with Gasteiger partial charge in [0.1, 0.15) is 0 Å². The van der Waals surface area contributed by atoms with Gasteiger partial charge in [0.15, 0.2) is 0 Å². The minimum atomic E-state index is 0. The molecular weight excluding hydrogens is 187 g/mol. The van der Waals surface area contributed by atoms with Gasteiger partial charge in [-0.2, -0.15) is 0 Å². The van der Waals surface area contributed by atoms with E-state index in [-0.39, 0.29) is 24.0 Å². The molecule has 0 saturated heterocycles. The summed E-state index contributed by atoms with van der Waals surface area (Å²) in [7, 11) is 0. The summed E-state index contributed by atoms with van der Waals surface area (Å²) in [4.78, 5) is 0. The van der Waals surface area contributed by atoms with Crippen LogP contribution in [0.3, 0.4) is 0 Å². The predicted molar refractivity (Wildman–Crippen MR) is 50.8 cm³/mol. The van der Waals surface area contributed by atoms with Crippen LogP contribution in [0.4, 0.5) is 0 Å². The number of hydrogen-bond donors (Lipinski definition) is 0. The van der Waals surface area contributed by atoms with E-state index in [4.69, 9.17) is 0 Å². The number of benzene rings is 1. The molecule has 0 spiro atoms. The van der Waals surface area contributed by atoms with Crippen LogP contribution in [0.1, 0.15) is 25.8 Å². The summed E-state index contributed by atoms with van der Waals surface area (Å²) in [6.45, 7) is 6.33. The van der Waals surface area contributed by atoms with Gasteiger partial charge in [-0.25, -0.2) is 0 Å². The summed E-state index contributed by atoms with van der Waals surface area (Å²) < 4.78 is 0. The quantitative estimate of drug-likeness (QED) is 0.623. The number of rotatable bonds is 0. The maximum atomic E-state index is 2.12. The molecule has 0 bridgehead atoms. The molecule has 2 N–H and O–H groups in total. The Bertz CT molecular complexity index is 151. The van der Waals surface area contributed by atoms with Crippen molar-refractivity contribution in [3.8, 4) is 0 Å². The van der Waals surface area contributed by atoms with Gasteiger partial charge >= 0.3 is 0 Å². The normalized spacial score (nSPS) is 6.58. The van der Waals surface area contributed by atoms with Gasteiger partial charge in [0.05, 0.1) is 0 Å². The molecule has 0 amide bonds. The van der Waals surface area contributed by atoms with Gasteiger partial charge in [0.2, 0.25) is 0 Å². The zero-order chi connectivity index (χ0) is 7.82. The molecule has 1 nitrogen and oxygen atoms in total. The molecule has 69 valence electrons. The van der Waals surface area contributed by atoms with E-state index in [1.165, 1.54) is 12.0 Å². The first-order chi connectivity index (χ1) is 4.81. The largest absolute Gasteiger partial charge is 0.412 e. The summed E-state index contributed by atoms with van der Waals surface area (Å²) in [5.74, 6) is 0.